The molecular formula is C29H29N3O2. The molecule has 0 saturated carbocycles. The van der Waals surface area contributed by atoms with Crippen LogP contribution in [0.3, 0.4) is 0 Å². The maximum atomic E-state index is 13.2. The number of hydrogen-bond acceptors (Lipinski definition) is 3. The maximum absolute atomic E-state index is 13.2. The maximum Gasteiger partial charge on any atom is 0.327 e. The van der Waals surface area contributed by atoms with E-state index in [4.69, 9.17) is 0 Å². The van der Waals surface area contributed by atoms with E-state index in [0.717, 1.165) is 31.6 Å². The minimum atomic E-state index is -0.724. The van der Waals surface area contributed by atoms with Crippen molar-refractivity contribution in [2.24, 2.45) is 0 Å². The van der Waals surface area contributed by atoms with E-state index in [1.165, 1.54) is 32.7 Å². The van der Waals surface area contributed by atoms with Crippen molar-refractivity contribution in [1.82, 2.24) is 14.7 Å². The number of rotatable bonds is 4. The quantitative estimate of drug-likeness (QED) is 0.423. The van der Waals surface area contributed by atoms with Crippen LogP contribution in [0.5, 0.6) is 0 Å². The Morgan fingerprint density at radius 3 is 2.26 bits per heavy atom. The van der Waals surface area contributed by atoms with Crippen molar-refractivity contribution in [3.05, 3.63) is 95.1 Å². The molecule has 0 bridgehead atoms. The van der Waals surface area contributed by atoms with Crippen molar-refractivity contribution in [2.75, 3.05) is 20.1 Å². The molecular weight excluding hydrogens is 422 g/mol. The highest BCUT2D eigenvalue weighted by atomic mass is 16.2. The number of benzene rings is 3. The van der Waals surface area contributed by atoms with E-state index in [9.17, 15) is 9.59 Å². The van der Waals surface area contributed by atoms with Crippen LogP contribution in [0.25, 0.3) is 11.1 Å². The minimum absolute atomic E-state index is 0.0524. The number of amides is 3. The Bertz CT molecular complexity index is 1260. The second kappa shape index (κ2) is 8.10. The fourth-order valence-corrected chi connectivity index (χ4v) is 5.98. The van der Waals surface area contributed by atoms with Gasteiger partial charge in [-0.2, -0.15) is 0 Å². The molecule has 1 aliphatic carbocycles. The largest absolute Gasteiger partial charge is 0.327 e. The average molecular weight is 452 g/mol. The van der Waals surface area contributed by atoms with Crippen LogP contribution in [-0.4, -0.2) is 52.3 Å². The number of fused-ring (bicyclic) bond motifs is 3. The molecule has 0 atom stereocenters. The number of piperidine rings is 1. The Labute approximate surface area is 200 Å². The summed E-state index contributed by atoms with van der Waals surface area (Å²) in [4.78, 5) is 31.8. The van der Waals surface area contributed by atoms with Gasteiger partial charge in [-0.3, -0.25) is 14.6 Å². The van der Waals surface area contributed by atoms with Crippen molar-refractivity contribution < 1.29 is 9.59 Å². The summed E-state index contributed by atoms with van der Waals surface area (Å²) < 4.78 is 0. The van der Waals surface area contributed by atoms with Gasteiger partial charge in [0.25, 0.3) is 5.91 Å². The van der Waals surface area contributed by atoms with E-state index >= 15 is 0 Å². The molecule has 0 radical (unpaired) electrons. The first-order valence-corrected chi connectivity index (χ1v) is 12.1. The Hall–Kier alpha value is -3.44. The lowest BCUT2D eigenvalue weighted by molar-refractivity contribution is -0.135. The zero-order chi connectivity index (χ0) is 23.3. The molecule has 2 fully saturated rings. The minimum Gasteiger partial charge on any atom is -0.305 e. The number of hydrogen-bond donors (Lipinski definition) is 0. The lowest BCUT2D eigenvalue weighted by Crippen LogP contribution is -2.56. The smallest absolute Gasteiger partial charge is 0.305 e. The van der Waals surface area contributed by atoms with E-state index < -0.39 is 5.54 Å². The second-order valence-electron chi connectivity index (χ2n) is 9.85. The Kier molecular flexibility index (Phi) is 5.03. The van der Waals surface area contributed by atoms with Gasteiger partial charge in [0, 0.05) is 33.2 Å². The molecule has 3 aromatic rings. The summed E-state index contributed by atoms with van der Waals surface area (Å²) >= 11 is 0. The Morgan fingerprint density at radius 2 is 1.47 bits per heavy atom. The number of carbonyl (C=O) groups excluding carboxylic acids is 2. The van der Waals surface area contributed by atoms with Crippen molar-refractivity contribution >= 4 is 11.9 Å². The fourth-order valence-electron chi connectivity index (χ4n) is 5.98. The first-order chi connectivity index (χ1) is 16.5. The molecule has 6 rings (SSSR count). The van der Waals surface area contributed by atoms with Crippen molar-refractivity contribution in [2.45, 2.75) is 37.9 Å². The molecule has 3 amide bonds. The van der Waals surface area contributed by atoms with Crippen LogP contribution in [0.1, 0.15) is 35.1 Å². The number of likely N-dealkylation sites (tertiary alicyclic amines) is 1. The third kappa shape index (κ3) is 3.34. The van der Waals surface area contributed by atoms with Crippen LogP contribution in [0, 0.1) is 0 Å². The zero-order valence-electron chi connectivity index (χ0n) is 19.5. The summed E-state index contributed by atoms with van der Waals surface area (Å²) in [6.45, 7) is 2.95. The number of imide groups is 1. The van der Waals surface area contributed by atoms with Gasteiger partial charge in [0.1, 0.15) is 5.54 Å². The van der Waals surface area contributed by atoms with Crippen LogP contribution >= 0.6 is 0 Å². The Morgan fingerprint density at radius 1 is 0.765 bits per heavy atom. The van der Waals surface area contributed by atoms with Gasteiger partial charge in [0.15, 0.2) is 0 Å². The average Bonchev–Trinajstić information content (AvgIpc) is 3.31. The van der Waals surface area contributed by atoms with Gasteiger partial charge in [-0.25, -0.2) is 4.79 Å². The summed E-state index contributed by atoms with van der Waals surface area (Å²) in [6, 6.07) is 25.3. The van der Waals surface area contributed by atoms with Crippen LogP contribution in [0.15, 0.2) is 72.8 Å². The van der Waals surface area contributed by atoms with Crippen LogP contribution in [0.2, 0.25) is 0 Å². The highest BCUT2D eigenvalue weighted by Crippen LogP contribution is 2.39. The summed E-state index contributed by atoms with van der Waals surface area (Å²) in [6.07, 6.45) is 2.34. The molecule has 0 aromatic heterocycles. The lowest BCUT2D eigenvalue weighted by Gasteiger charge is -2.42. The molecule has 5 heteroatoms. The molecule has 2 heterocycles. The van der Waals surface area contributed by atoms with Gasteiger partial charge >= 0.3 is 6.03 Å². The van der Waals surface area contributed by atoms with Gasteiger partial charge in [0.05, 0.1) is 0 Å². The fraction of sp³-hybridized carbons (Fsp3) is 0.310. The SMILES string of the molecule is CN1C(=O)N(Cc2ccccc2)C2(CCN(Cc3ccc4c(c3)Cc3ccccc3-4)CC2)C1=O. The molecule has 3 aliphatic rings. The molecule has 0 N–H and O–H groups in total. The first kappa shape index (κ1) is 21.1. The lowest BCUT2D eigenvalue weighted by atomic mass is 9.85. The third-order valence-electron chi connectivity index (χ3n) is 7.87. The van der Waals surface area contributed by atoms with Crippen molar-refractivity contribution in [3.8, 4) is 11.1 Å². The summed E-state index contributed by atoms with van der Waals surface area (Å²) in [5.41, 5.74) is 7.16. The number of carbonyl (C=O) groups is 2. The summed E-state index contributed by atoms with van der Waals surface area (Å²) in [5.74, 6) is -0.0524. The zero-order valence-corrected chi connectivity index (χ0v) is 19.5. The summed E-state index contributed by atoms with van der Waals surface area (Å²) in [5, 5.41) is 0. The van der Waals surface area contributed by atoms with Crippen molar-refractivity contribution in [1.29, 1.82) is 0 Å². The third-order valence-corrected chi connectivity index (χ3v) is 7.87. The van der Waals surface area contributed by atoms with E-state index in [-0.39, 0.29) is 11.9 Å². The number of urea groups is 1. The first-order valence-electron chi connectivity index (χ1n) is 12.1. The van der Waals surface area contributed by atoms with Gasteiger partial charge in [-0.1, -0.05) is 72.8 Å². The van der Waals surface area contributed by atoms with Crippen LogP contribution < -0.4 is 0 Å². The second-order valence-corrected chi connectivity index (χ2v) is 9.85. The van der Waals surface area contributed by atoms with Crippen LogP contribution in [0.4, 0.5) is 4.79 Å². The highest BCUT2D eigenvalue weighted by molar-refractivity contribution is 6.06. The normalized spacial score (nSPS) is 19.1. The van der Waals surface area contributed by atoms with Gasteiger partial charge in [0.2, 0.25) is 0 Å². The van der Waals surface area contributed by atoms with E-state index in [1.54, 1.807) is 7.05 Å². The predicted molar refractivity (Wildman–Crippen MR) is 132 cm³/mol. The molecule has 1 spiro atoms. The molecule has 2 aliphatic heterocycles. The molecule has 0 unspecified atom stereocenters. The monoisotopic (exact) mass is 451 g/mol. The van der Waals surface area contributed by atoms with Crippen molar-refractivity contribution in [3.63, 3.8) is 0 Å². The molecule has 5 nitrogen and oxygen atoms in total. The van der Waals surface area contributed by atoms with E-state index in [2.05, 4.69) is 47.4 Å². The van der Waals surface area contributed by atoms with Gasteiger partial charge in [-0.15, -0.1) is 0 Å². The van der Waals surface area contributed by atoms with E-state index in [0.29, 0.717) is 19.4 Å². The summed E-state index contributed by atoms with van der Waals surface area (Å²) in [7, 11) is 1.62. The highest BCUT2D eigenvalue weighted by Gasteiger charge is 2.56. The topological polar surface area (TPSA) is 43.9 Å². The number of nitrogens with zero attached hydrogens (tertiary/aromatic N) is 3. The predicted octanol–water partition coefficient (Wildman–Crippen LogP) is 4.69. The van der Waals surface area contributed by atoms with E-state index in [1.807, 2.05) is 35.2 Å². The molecule has 34 heavy (non-hydrogen) atoms. The number of likely N-dealkylation sites (N-methyl/N-ethyl adjacent to an activating group) is 1. The molecule has 172 valence electrons. The van der Waals surface area contributed by atoms with Gasteiger partial charge in [-0.05, 0) is 52.6 Å². The molecule has 3 aromatic carbocycles. The van der Waals surface area contributed by atoms with Crippen LogP contribution in [-0.2, 0) is 24.3 Å². The Balaban J connectivity index is 1.17. The molecule has 2 saturated heterocycles. The van der Waals surface area contributed by atoms with Gasteiger partial charge < -0.3 is 4.90 Å². The standard InChI is InChI=1S/C29H29N3O2/c1-30-27(33)29(32(28(30)34)20-21-7-3-2-4-8-21)13-15-31(16-14-29)19-22-11-12-26-24(17-22)18-23-9-5-6-10-25(23)26/h2-12,17H,13-16,18-20H2,1H3.